The van der Waals surface area contributed by atoms with Crippen molar-refractivity contribution in [3.63, 3.8) is 0 Å². The minimum atomic E-state index is 0.190. The Hall–Kier alpha value is -0.960. The highest BCUT2D eigenvalue weighted by molar-refractivity contribution is 7.99. The lowest BCUT2D eigenvalue weighted by Gasteiger charge is -2.03. The molecule has 108 valence electrons. The number of hydrogen-bond acceptors (Lipinski definition) is 8. The molecule has 0 radical (unpaired) electrons. The first-order chi connectivity index (χ1) is 9.51. The first-order valence-corrected chi connectivity index (χ1v) is 8.31. The molecule has 0 unspecified atom stereocenters. The molecular formula is C10H12Cl2N6S2. The smallest absolute Gasteiger partial charge is 0.156 e. The third-order valence-corrected chi connectivity index (χ3v) is 4.01. The molecule has 2 aromatic heterocycles. The van der Waals surface area contributed by atoms with Gasteiger partial charge in [-0.2, -0.15) is 0 Å². The third-order valence-electron chi connectivity index (χ3n) is 1.98. The van der Waals surface area contributed by atoms with Crippen molar-refractivity contribution in [3.05, 3.63) is 23.0 Å². The molecule has 0 aliphatic rings. The van der Waals surface area contributed by atoms with Crippen molar-refractivity contribution in [1.82, 2.24) is 19.9 Å². The summed E-state index contributed by atoms with van der Waals surface area (Å²) in [5.41, 5.74) is 11.9. The molecule has 0 aliphatic carbocycles. The summed E-state index contributed by atoms with van der Waals surface area (Å²) in [5, 5.41) is 2.08. The predicted octanol–water partition coefficient (Wildman–Crippen LogP) is 2.87. The lowest BCUT2D eigenvalue weighted by atomic mass is 10.6. The SMILES string of the molecule is CSc1ncnc(SC)c1N.Nc1c(Cl)ncnc1Cl. The van der Waals surface area contributed by atoms with Crippen LogP contribution in [0.2, 0.25) is 10.3 Å². The van der Waals surface area contributed by atoms with Gasteiger partial charge in [0.05, 0.1) is 5.69 Å². The molecule has 0 fully saturated rings. The number of halogens is 2. The van der Waals surface area contributed by atoms with E-state index >= 15 is 0 Å². The number of nitrogens with two attached hydrogens (primary N) is 2. The summed E-state index contributed by atoms with van der Waals surface area (Å²) >= 11 is 14.0. The summed E-state index contributed by atoms with van der Waals surface area (Å²) in [6.07, 6.45) is 6.68. The van der Waals surface area contributed by atoms with E-state index in [1.54, 1.807) is 0 Å². The highest BCUT2D eigenvalue weighted by Gasteiger charge is 2.04. The Morgan fingerprint density at radius 2 is 1.20 bits per heavy atom. The van der Waals surface area contributed by atoms with Crippen LogP contribution in [0.1, 0.15) is 0 Å². The molecule has 6 nitrogen and oxygen atoms in total. The van der Waals surface area contributed by atoms with Crippen molar-refractivity contribution < 1.29 is 0 Å². The maximum atomic E-state index is 5.74. The predicted molar refractivity (Wildman–Crippen MR) is 86.5 cm³/mol. The zero-order valence-corrected chi connectivity index (χ0v) is 13.8. The number of anilines is 2. The van der Waals surface area contributed by atoms with Crippen molar-refractivity contribution in [3.8, 4) is 0 Å². The average molecular weight is 351 g/mol. The van der Waals surface area contributed by atoms with E-state index in [0.717, 1.165) is 10.1 Å². The fourth-order valence-corrected chi connectivity index (χ4v) is 2.36. The molecule has 0 saturated heterocycles. The standard InChI is InChI=1S/C6H9N3S2.C4H3Cl2N3/c1-10-5-4(7)6(11-2)9-3-8-5;5-3-2(7)4(6)9-1-8-3/h3H,7H2,1-2H3;1H,7H2. The maximum absolute atomic E-state index is 5.74. The van der Waals surface area contributed by atoms with Crippen LogP contribution < -0.4 is 11.5 Å². The fourth-order valence-electron chi connectivity index (χ4n) is 1.04. The van der Waals surface area contributed by atoms with Gasteiger partial charge in [0.2, 0.25) is 0 Å². The first-order valence-electron chi connectivity index (χ1n) is 5.11. The quantitative estimate of drug-likeness (QED) is 0.629. The first kappa shape index (κ1) is 17.1. The zero-order chi connectivity index (χ0) is 15.1. The summed E-state index contributed by atoms with van der Waals surface area (Å²) in [6.45, 7) is 0. The summed E-state index contributed by atoms with van der Waals surface area (Å²) < 4.78 is 0. The van der Waals surface area contributed by atoms with Crippen molar-refractivity contribution in [2.24, 2.45) is 0 Å². The Bertz CT molecular complexity index is 541. The summed E-state index contributed by atoms with van der Waals surface area (Å²) in [4.78, 5) is 15.2. The largest absolute Gasteiger partial charge is 0.394 e. The maximum Gasteiger partial charge on any atom is 0.156 e. The lowest BCUT2D eigenvalue weighted by Crippen LogP contribution is -1.96. The van der Waals surface area contributed by atoms with Crippen LogP contribution in [-0.4, -0.2) is 32.4 Å². The molecule has 2 rings (SSSR count). The van der Waals surface area contributed by atoms with E-state index in [0.29, 0.717) is 5.69 Å². The van der Waals surface area contributed by atoms with Crippen LogP contribution >= 0.6 is 46.7 Å². The molecule has 0 bridgehead atoms. The van der Waals surface area contributed by atoms with Gasteiger partial charge >= 0.3 is 0 Å². The zero-order valence-electron chi connectivity index (χ0n) is 10.7. The van der Waals surface area contributed by atoms with Crippen molar-refractivity contribution in [2.45, 2.75) is 10.1 Å². The topological polar surface area (TPSA) is 104 Å². The molecule has 2 heterocycles. The molecule has 0 aliphatic heterocycles. The second-order valence-corrected chi connectivity index (χ2v) is 5.48. The second-order valence-electron chi connectivity index (χ2n) is 3.17. The van der Waals surface area contributed by atoms with Gasteiger partial charge in [-0.15, -0.1) is 23.5 Å². The van der Waals surface area contributed by atoms with E-state index in [1.165, 1.54) is 36.2 Å². The van der Waals surface area contributed by atoms with Crippen molar-refractivity contribution in [1.29, 1.82) is 0 Å². The molecule has 20 heavy (non-hydrogen) atoms. The second kappa shape index (κ2) is 8.35. The van der Waals surface area contributed by atoms with Crippen LogP contribution in [0.3, 0.4) is 0 Å². The number of aromatic nitrogens is 4. The van der Waals surface area contributed by atoms with E-state index in [2.05, 4.69) is 19.9 Å². The van der Waals surface area contributed by atoms with Gasteiger partial charge in [-0.25, -0.2) is 19.9 Å². The molecule has 0 aromatic carbocycles. The molecule has 4 N–H and O–H groups in total. The third kappa shape index (κ3) is 4.55. The van der Waals surface area contributed by atoms with Gasteiger partial charge in [0.15, 0.2) is 10.3 Å². The number of hydrogen-bond donors (Lipinski definition) is 2. The van der Waals surface area contributed by atoms with Gasteiger partial charge < -0.3 is 11.5 Å². The average Bonchev–Trinajstić information content (AvgIpc) is 2.45. The van der Waals surface area contributed by atoms with E-state index in [1.807, 2.05) is 12.5 Å². The van der Waals surface area contributed by atoms with Gasteiger partial charge in [0.1, 0.15) is 28.4 Å². The van der Waals surface area contributed by atoms with Gasteiger partial charge in [-0.05, 0) is 12.5 Å². The Balaban J connectivity index is 0.000000204. The minimum Gasteiger partial charge on any atom is -0.394 e. The number of thioether (sulfide) groups is 2. The molecular weight excluding hydrogens is 339 g/mol. The van der Waals surface area contributed by atoms with Gasteiger partial charge in [-0.1, -0.05) is 23.2 Å². The minimum absolute atomic E-state index is 0.190. The summed E-state index contributed by atoms with van der Waals surface area (Å²) in [6, 6.07) is 0. The summed E-state index contributed by atoms with van der Waals surface area (Å²) in [7, 11) is 0. The monoisotopic (exact) mass is 350 g/mol. The van der Waals surface area contributed by atoms with Crippen molar-refractivity contribution in [2.75, 3.05) is 24.0 Å². The van der Waals surface area contributed by atoms with E-state index in [-0.39, 0.29) is 16.0 Å². The Morgan fingerprint density at radius 1 is 0.800 bits per heavy atom. The molecule has 0 amide bonds. The Labute approximate surface area is 135 Å². The van der Waals surface area contributed by atoms with E-state index in [4.69, 9.17) is 34.7 Å². The van der Waals surface area contributed by atoms with E-state index < -0.39 is 0 Å². The Morgan fingerprint density at radius 3 is 1.55 bits per heavy atom. The van der Waals surface area contributed by atoms with Gasteiger partial charge in [0, 0.05) is 0 Å². The summed E-state index contributed by atoms with van der Waals surface area (Å²) in [5.74, 6) is 0. The van der Waals surface area contributed by atoms with Crippen molar-refractivity contribution >= 4 is 58.1 Å². The number of rotatable bonds is 2. The molecule has 2 aromatic rings. The van der Waals surface area contributed by atoms with Crippen LogP contribution in [0.5, 0.6) is 0 Å². The van der Waals surface area contributed by atoms with E-state index in [9.17, 15) is 0 Å². The Kier molecular flexibility index (Phi) is 7.14. The van der Waals surface area contributed by atoms with Crippen LogP contribution in [0.4, 0.5) is 11.4 Å². The van der Waals surface area contributed by atoms with Crippen LogP contribution in [-0.2, 0) is 0 Å². The van der Waals surface area contributed by atoms with Crippen LogP contribution in [0.25, 0.3) is 0 Å². The highest BCUT2D eigenvalue weighted by Crippen LogP contribution is 2.26. The molecule has 0 atom stereocenters. The molecule has 10 heteroatoms. The van der Waals surface area contributed by atoms with Crippen LogP contribution in [0.15, 0.2) is 22.7 Å². The molecule has 0 saturated carbocycles. The normalized spacial score (nSPS) is 9.80. The van der Waals surface area contributed by atoms with Crippen LogP contribution in [0, 0.1) is 0 Å². The number of nitrogen functional groups attached to an aromatic ring is 2. The number of nitrogens with zero attached hydrogens (tertiary/aromatic N) is 4. The highest BCUT2D eigenvalue weighted by atomic mass is 35.5. The van der Waals surface area contributed by atoms with Gasteiger partial charge in [-0.3, -0.25) is 0 Å². The van der Waals surface area contributed by atoms with Gasteiger partial charge in [0.25, 0.3) is 0 Å². The lowest BCUT2D eigenvalue weighted by molar-refractivity contribution is 0.979. The fraction of sp³-hybridized carbons (Fsp3) is 0.200. The molecule has 0 spiro atoms.